The van der Waals surface area contributed by atoms with Gasteiger partial charge in [-0.25, -0.2) is 8.78 Å². The van der Waals surface area contributed by atoms with Crippen molar-refractivity contribution < 1.29 is 18.7 Å². The predicted octanol–water partition coefficient (Wildman–Crippen LogP) is 2.80. The first-order valence-corrected chi connectivity index (χ1v) is 6.51. The van der Waals surface area contributed by atoms with E-state index in [-0.39, 0.29) is 17.9 Å². The van der Waals surface area contributed by atoms with E-state index in [9.17, 15) is 18.7 Å². The van der Waals surface area contributed by atoms with E-state index in [1.807, 2.05) is 0 Å². The van der Waals surface area contributed by atoms with Gasteiger partial charge in [-0.3, -0.25) is 4.79 Å². The highest BCUT2D eigenvalue weighted by Gasteiger charge is 2.21. The number of benzene rings is 1. The van der Waals surface area contributed by atoms with Crippen LogP contribution >= 0.6 is 15.9 Å². The maximum Gasteiger partial charge on any atom is 0.257 e. The number of amides is 1. The molecule has 0 aliphatic carbocycles. The summed E-state index contributed by atoms with van der Waals surface area (Å²) in [6, 6.07) is 4.53. The highest BCUT2D eigenvalue weighted by molar-refractivity contribution is 9.09. The molecule has 1 N–H and O–H groups in total. The molecule has 0 bridgehead atoms. The van der Waals surface area contributed by atoms with E-state index in [1.165, 1.54) is 12.1 Å². The highest BCUT2D eigenvalue weighted by Crippen LogP contribution is 2.20. The number of aryl methyl sites for hydroxylation is 1. The zero-order chi connectivity index (χ0) is 13.7. The van der Waals surface area contributed by atoms with E-state index in [4.69, 9.17) is 0 Å². The van der Waals surface area contributed by atoms with Crippen molar-refractivity contribution in [3.63, 3.8) is 0 Å². The topological polar surface area (TPSA) is 40.5 Å². The number of carbonyl (C=O) groups is 1. The van der Waals surface area contributed by atoms with E-state index < -0.39 is 18.9 Å². The molecule has 1 aromatic carbocycles. The molecule has 0 aliphatic heterocycles. The maximum atomic E-state index is 12.4. The molecule has 1 aromatic rings. The van der Waals surface area contributed by atoms with Crippen LogP contribution in [0.15, 0.2) is 18.2 Å². The van der Waals surface area contributed by atoms with E-state index in [0.717, 1.165) is 10.5 Å². The molecule has 100 valence electrons. The summed E-state index contributed by atoms with van der Waals surface area (Å²) in [6.07, 6.45) is -2.60. The van der Waals surface area contributed by atoms with Crippen molar-refractivity contribution in [2.45, 2.75) is 13.3 Å². The predicted molar refractivity (Wildman–Crippen MR) is 68.5 cm³/mol. The Hall–Kier alpha value is -1.17. The Balaban J connectivity index is 2.94. The summed E-state index contributed by atoms with van der Waals surface area (Å²) in [5, 5.41) is 10.1. The summed E-state index contributed by atoms with van der Waals surface area (Å²) in [5.74, 6) is -0.777. The second kappa shape index (κ2) is 6.68. The maximum absolute atomic E-state index is 12.4. The summed E-state index contributed by atoms with van der Waals surface area (Å²) >= 11 is 3.11. The van der Waals surface area contributed by atoms with Crippen LogP contribution in [-0.4, -0.2) is 40.8 Å². The number of phenolic OH excluding ortho intramolecular Hbond substituents is 1. The molecule has 1 amide bonds. The average molecular weight is 322 g/mol. The molecule has 1 rings (SSSR count). The molecule has 0 heterocycles. The van der Waals surface area contributed by atoms with Gasteiger partial charge in [-0.2, -0.15) is 0 Å². The number of hydrogen-bond acceptors (Lipinski definition) is 2. The molecule has 0 saturated carbocycles. The monoisotopic (exact) mass is 321 g/mol. The third-order valence-corrected chi connectivity index (χ3v) is 2.74. The SMILES string of the molecule is Cc1ccc(C(=O)N(CCBr)CC(F)F)c(O)c1. The fourth-order valence-corrected chi connectivity index (χ4v) is 1.97. The molecule has 0 unspecified atom stereocenters. The highest BCUT2D eigenvalue weighted by atomic mass is 79.9. The van der Waals surface area contributed by atoms with E-state index >= 15 is 0 Å². The number of alkyl halides is 3. The van der Waals surface area contributed by atoms with Crippen molar-refractivity contribution in [3.05, 3.63) is 29.3 Å². The van der Waals surface area contributed by atoms with Gasteiger partial charge in [0.05, 0.1) is 12.1 Å². The van der Waals surface area contributed by atoms with Gasteiger partial charge >= 0.3 is 0 Å². The Morgan fingerprint density at radius 1 is 1.50 bits per heavy atom. The van der Waals surface area contributed by atoms with Crippen molar-refractivity contribution in [3.8, 4) is 5.75 Å². The van der Waals surface area contributed by atoms with Crippen LogP contribution in [-0.2, 0) is 0 Å². The summed E-state index contributed by atoms with van der Waals surface area (Å²) in [5.41, 5.74) is 0.840. The van der Waals surface area contributed by atoms with Gasteiger partial charge in [0.25, 0.3) is 12.3 Å². The first-order valence-electron chi connectivity index (χ1n) is 5.38. The second-order valence-electron chi connectivity index (χ2n) is 3.85. The number of carbonyl (C=O) groups excluding carboxylic acids is 1. The molecule has 18 heavy (non-hydrogen) atoms. The van der Waals surface area contributed by atoms with Crippen molar-refractivity contribution in [1.82, 2.24) is 4.90 Å². The number of hydrogen-bond donors (Lipinski definition) is 1. The summed E-state index contributed by atoms with van der Waals surface area (Å²) in [7, 11) is 0. The molecule has 0 atom stereocenters. The van der Waals surface area contributed by atoms with Crippen LogP contribution in [0, 0.1) is 6.92 Å². The lowest BCUT2D eigenvalue weighted by atomic mass is 10.1. The largest absolute Gasteiger partial charge is 0.507 e. The van der Waals surface area contributed by atoms with Gasteiger partial charge in [0.2, 0.25) is 0 Å². The minimum Gasteiger partial charge on any atom is -0.507 e. The van der Waals surface area contributed by atoms with E-state index in [1.54, 1.807) is 13.0 Å². The number of aromatic hydroxyl groups is 1. The van der Waals surface area contributed by atoms with Crippen LogP contribution in [0.4, 0.5) is 8.78 Å². The van der Waals surface area contributed by atoms with Crippen LogP contribution in [0.3, 0.4) is 0 Å². The van der Waals surface area contributed by atoms with Crippen LogP contribution in [0.1, 0.15) is 15.9 Å². The molecule has 0 aromatic heterocycles. The Morgan fingerprint density at radius 2 is 2.17 bits per heavy atom. The quantitative estimate of drug-likeness (QED) is 0.847. The molecule has 6 heteroatoms. The Morgan fingerprint density at radius 3 is 2.67 bits per heavy atom. The number of nitrogens with zero attached hydrogens (tertiary/aromatic N) is 1. The molecular weight excluding hydrogens is 308 g/mol. The number of halogens is 3. The van der Waals surface area contributed by atoms with E-state index in [0.29, 0.717) is 5.33 Å². The lowest BCUT2D eigenvalue weighted by molar-refractivity contribution is 0.0570. The van der Waals surface area contributed by atoms with Gasteiger partial charge in [-0.1, -0.05) is 22.0 Å². The fourth-order valence-electron chi connectivity index (χ4n) is 1.54. The summed E-state index contributed by atoms with van der Waals surface area (Å²) < 4.78 is 24.8. The normalized spacial score (nSPS) is 10.7. The number of phenols is 1. The molecule has 0 saturated heterocycles. The summed E-state index contributed by atoms with van der Waals surface area (Å²) in [6.45, 7) is 1.29. The number of rotatable bonds is 5. The second-order valence-corrected chi connectivity index (χ2v) is 4.64. The van der Waals surface area contributed by atoms with Gasteiger partial charge in [-0.15, -0.1) is 0 Å². The smallest absolute Gasteiger partial charge is 0.257 e. The van der Waals surface area contributed by atoms with Crippen LogP contribution in [0.5, 0.6) is 5.75 Å². The van der Waals surface area contributed by atoms with Gasteiger partial charge in [-0.05, 0) is 24.6 Å². The Bertz CT molecular complexity index is 427. The average Bonchev–Trinajstić information content (AvgIpc) is 2.27. The van der Waals surface area contributed by atoms with Gasteiger partial charge in [0.1, 0.15) is 5.75 Å². The fraction of sp³-hybridized carbons (Fsp3) is 0.417. The van der Waals surface area contributed by atoms with Crippen molar-refractivity contribution in [2.24, 2.45) is 0 Å². The molecule has 0 radical (unpaired) electrons. The van der Waals surface area contributed by atoms with E-state index in [2.05, 4.69) is 15.9 Å². The molecule has 0 fully saturated rings. The molecule has 0 spiro atoms. The first-order chi connectivity index (χ1) is 8.45. The minimum atomic E-state index is -2.60. The molecule has 0 aliphatic rings. The zero-order valence-electron chi connectivity index (χ0n) is 9.87. The van der Waals surface area contributed by atoms with Crippen LogP contribution < -0.4 is 0 Å². The summed E-state index contributed by atoms with van der Waals surface area (Å²) in [4.78, 5) is 13.0. The van der Waals surface area contributed by atoms with Crippen LogP contribution in [0.2, 0.25) is 0 Å². The standard InChI is InChI=1S/C12H14BrF2NO2/c1-8-2-3-9(10(17)6-8)12(18)16(5-4-13)7-11(14)15/h2-3,6,11,17H,4-5,7H2,1H3. The third-order valence-electron chi connectivity index (χ3n) is 2.38. The zero-order valence-corrected chi connectivity index (χ0v) is 11.5. The first kappa shape index (κ1) is 14.9. The Kier molecular flexibility index (Phi) is 5.53. The van der Waals surface area contributed by atoms with Crippen LogP contribution in [0.25, 0.3) is 0 Å². The molecular formula is C12H14BrF2NO2. The lowest BCUT2D eigenvalue weighted by Crippen LogP contribution is -2.36. The van der Waals surface area contributed by atoms with Crippen molar-refractivity contribution in [1.29, 1.82) is 0 Å². The lowest BCUT2D eigenvalue weighted by Gasteiger charge is -2.21. The van der Waals surface area contributed by atoms with Crippen molar-refractivity contribution in [2.75, 3.05) is 18.4 Å². The minimum absolute atomic E-state index is 0.0437. The van der Waals surface area contributed by atoms with Crippen molar-refractivity contribution >= 4 is 21.8 Å². The third kappa shape index (κ3) is 3.94. The molecule has 3 nitrogen and oxygen atoms in total. The Labute approximate surface area is 113 Å². The van der Waals surface area contributed by atoms with Gasteiger partial charge < -0.3 is 10.0 Å². The van der Waals surface area contributed by atoms with Gasteiger partial charge in [0.15, 0.2) is 0 Å². The van der Waals surface area contributed by atoms with Gasteiger partial charge in [0, 0.05) is 11.9 Å².